The van der Waals surface area contributed by atoms with Gasteiger partial charge in [-0.05, 0) is 61.5 Å². The Morgan fingerprint density at radius 1 is 0.640 bits per heavy atom. The van der Waals surface area contributed by atoms with Crippen LogP contribution in [0.3, 0.4) is 0 Å². The van der Waals surface area contributed by atoms with Crippen molar-refractivity contribution in [1.82, 2.24) is 0 Å². The van der Waals surface area contributed by atoms with Gasteiger partial charge in [-0.1, -0.05) is 84.5 Å². The van der Waals surface area contributed by atoms with Crippen LogP contribution in [0, 0.1) is 5.92 Å². The zero-order chi connectivity index (χ0) is 16.9. The Hall–Kier alpha value is -2.08. The maximum absolute atomic E-state index is 2.58. The van der Waals surface area contributed by atoms with Crippen molar-refractivity contribution >= 4 is 0 Å². The van der Waals surface area contributed by atoms with Gasteiger partial charge in [0.15, 0.2) is 0 Å². The van der Waals surface area contributed by atoms with Crippen molar-refractivity contribution in [3.8, 4) is 0 Å². The molecule has 2 aromatic carbocycles. The molecule has 2 aliphatic rings. The monoisotopic (exact) mass is 328 g/mol. The van der Waals surface area contributed by atoms with E-state index in [9.17, 15) is 0 Å². The molecule has 2 atom stereocenters. The number of benzene rings is 2. The first-order valence-electron chi connectivity index (χ1n) is 9.86. The molecule has 1 saturated carbocycles. The van der Waals surface area contributed by atoms with Gasteiger partial charge in [-0.2, -0.15) is 0 Å². The Morgan fingerprint density at radius 2 is 1.28 bits per heavy atom. The van der Waals surface area contributed by atoms with Crippen LogP contribution in [0.15, 0.2) is 84.5 Å². The topological polar surface area (TPSA) is 0 Å². The number of hydrogen-bond donors (Lipinski definition) is 0. The zero-order valence-electron chi connectivity index (χ0n) is 15.0. The summed E-state index contributed by atoms with van der Waals surface area (Å²) in [5.74, 6) is 2.04. The highest BCUT2D eigenvalue weighted by molar-refractivity contribution is 5.27. The molecule has 0 N–H and O–H groups in total. The maximum atomic E-state index is 2.58. The molecule has 0 spiro atoms. The Labute approximate surface area is 152 Å². The first kappa shape index (κ1) is 16.4. The molecule has 0 aliphatic heterocycles. The predicted octanol–water partition coefficient (Wildman–Crippen LogP) is 7.02. The number of hydrogen-bond acceptors (Lipinski definition) is 0. The van der Waals surface area contributed by atoms with Crippen LogP contribution in [0.1, 0.15) is 61.5 Å². The largest absolute Gasteiger partial charge is 0.0810 e. The van der Waals surface area contributed by atoms with Gasteiger partial charge < -0.3 is 0 Å². The van der Waals surface area contributed by atoms with Crippen LogP contribution in [-0.2, 0) is 0 Å². The van der Waals surface area contributed by atoms with Gasteiger partial charge in [0.2, 0.25) is 0 Å². The van der Waals surface area contributed by atoms with Crippen LogP contribution in [0.4, 0.5) is 0 Å². The Kier molecular flexibility index (Phi) is 5.16. The molecule has 0 bridgehead atoms. The Morgan fingerprint density at radius 3 is 1.88 bits per heavy atom. The lowest BCUT2D eigenvalue weighted by atomic mass is 9.79. The summed E-state index contributed by atoms with van der Waals surface area (Å²) in [4.78, 5) is 0. The van der Waals surface area contributed by atoms with Crippen LogP contribution >= 0.6 is 0 Å². The summed E-state index contributed by atoms with van der Waals surface area (Å²) in [6.45, 7) is 0. The van der Waals surface area contributed by atoms with E-state index >= 15 is 0 Å². The molecular formula is C25H28. The van der Waals surface area contributed by atoms with Crippen LogP contribution in [0.25, 0.3) is 0 Å². The number of allylic oxidation sites excluding steroid dienone is 4. The van der Waals surface area contributed by atoms with E-state index in [1.807, 2.05) is 0 Å². The minimum absolute atomic E-state index is 0.615. The van der Waals surface area contributed by atoms with Crippen LogP contribution in [0.2, 0.25) is 0 Å². The maximum Gasteiger partial charge on any atom is 0.00185 e. The molecule has 0 amide bonds. The molecule has 2 aromatic rings. The van der Waals surface area contributed by atoms with E-state index in [1.54, 1.807) is 5.57 Å². The van der Waals surface area contributed by atoms with Crippen molar-refractivity contribution in [2.45, 2.75) is 50.4 Å². The third-order valence-corrected chi connectivity index (χ3v) is 5.98. The van der Waals surface area contributed by atoms with Gasteiger partial charge in [0.05, 0.1) is 0 Å². The molecule has 128 valence electrons. The highest BCUT2D eigenvalue weighted by atomic mass is 14.3. The highest BCUT2D eigenvalue weighted by Crippen LogP contribution is 2.37. The number of rotatable bonds is 3. The summed E-state index contributed by atoms with van der Waals surface area (Å²) < 4.78 is 0. The third kappa shape index (κ3) is 4.12. The second-order valence-corrected chi connectivity index (χ2v) is 7.65. The molecule has 0 heterocycles. The average Bonchev–Trinajstić information content (AvgIpc) is 2.71. The molecule has 25 heavy (non-hydrogen) atoms. The van der Waals surface area contributed by atoms with E-state index in [2.05, 4.69) is 78.9 Å². The van der Waals surface area contributed by atoms with E-state index < -0.39 is 0 Å². The lowest BCUT2D eigenvalue weighted by Crippen LogP contribution is -2.10. The van der Waals surface area contributed by atoms with Crippen LogP contribution in [-0.4, -0.2) is 0 Å². The summed E-state index contributed by atoms with van der Waals surface area (Å²) in [5.41, 5.74) is 4.69. The quantitative estimate of drug-likeness (QED) is 0.531. The summed E-state index contributed by atoms with van der Waals surface area (Å²) in [6.07, 6.45) is 15.3. The minimum atomic E-state index is 0.615. The van der Waals surface area contributed by atoms with E-state index in [-0.39, 0.29) is 0 Å². The summed E-state index contributed by atoms with van der Waals surface area (Å²) >= 11 is 0. The van der Waals surface area contributed by atoms with E-state index in [0.717, 1.165) is 5.92 Å². The van der Waals surface area contributed by atoms with Gasteiger partial charge in [-0.3, -0.25) is 0 Å². The zero-order valence-corrected chi connectivity index (χ0v) is 15.0. The lowest BCUT2D eigenvalue weighted by Gasteiger charge is -2.26. The fourth-order valence-electron chi connectivity index (χ4n) is 4.47. The van der Waals surface area contributed by atoms with E-state index in [0.29, 0.717) is 11.8 Å². The highest BCUT2D eigenvalue weighted by Gasteiger charge is 2.20. The summed E-state index contributed by atoms with van der Waals surface area (Å²) in [7, 11) is 0. The van der Waals surface area contributed by atoms with Crippen molar-refractivity contribution in [2.24, 2.45) is 5.92 Å². The molecule has 1 fully saturated rings. The Balaban J connectivity index is 1.34. The molecule has 0 unspecified atom stereocenters. The molecule has 0 heteroatoms. The van der Waals surface area contributed by atoms with Crippen LogP contribution < -0.4 is 0 Å². The first-order valence-corrected chi connectivity index (χ1v) is 9.86. The summed E-state index contributed by atoms with van der Waals surface area (Å²) in [6, 6.07) is 22.0. The lowest BCUT2D eigenvalue weighted by molar-refractivity contribution is 0.507. The van der Waals surface area contributed by atoms with Crippen molar-refractivity contribution in [3.05, 3.63) is 95.6 Å². The average molecular weight is 328 g/mol. The fourth-order valence-corrected chi connectivity index (χ4v) is 4.47. The molecule has 0 nitrogen and oxygen atoms in total. The molecule has 2 aliphatic carbocycles. The fraction of sp³-hybridized carbons (Fsp3) is 0.360. The smallest absolute Gasteiger partial charge is 0.00185 e. The van der Waals surface area contributed by atoms with Gasteiger partial charge in [0, 0.05) is 5.92 Å². The standard InChI is InChI=1S/C25H28/c1-3-7-22(8-4-1)24-15-11-20(12-16-24)19-21-13-17-25(18-14-21)23-9-5-2-6-10-23/h1-11,15,19-20,24-25H,12-14,16-18H2/t20-,24+,25?/m0/s1. The predicted molar refractivity (Wildman–Crippen MR) is 107 cm³/mol. The molecule has 4 rings (SSSR count). The second kappa shape index (κ2) is 7.87. The molecule has 0 saturated heterocycles. The van der Waals surface area contributed by atoms with Gasteiger partial charge in [-0.25, -0.2) is 0 Å². The SMILES string of the molecule is C1=C[C@@H](c2ccccc2)CC[C@H]1C=C1CCC(c2ccccc2)CC1. The van der Waals surface area contributed by atoms with E-state index in [1.165, 1.54) is 49.7 Å². The van der Waals surface area contributed by atoms with Crippen molar-refractivity contribution < 1.29 is 0 Å². The van der Waals surface area contributed by atoms with Gasteiger partial charge in [0.25, 0.3) is 0 Å². The van der Waals surface area contributed by atoms with Gasteiger partial charge in [0.1, 0.15) is 0 Å². The van der Waals surface area contributed by atoms with Crippen molar-refractivity contribution in [2.75, 3.05) is 0 Å². The second-order valence-electron chi connectivity index (χ2n) is 7.65. The third-order valence-electron chi connectivity index (χ3n) is 5.98. The van der Waals surface area contributed by atoms with Crippen molar-refractivity contribution in [3.63, 3.8) is 0 Å². The normalized spacial score (nSPS) is 26.4. The molecule has 0 radical (unpaired) electrons. The van der Waals surface area contributed by atoms with E-state index in [4.69, 9.17) is 0 Å². The van der Waals surface area contributed by atoms with Crippen LogP contribution in [0.5, 0.6) is 0 Å². The molecule has 0 aromatic heterocycles. The van der Waals surface area contributed by atoms with Crippen molar-refractivity contribution in [1.29, 1.82) is 0 Å². The first-order chi connectivity index (χ1) is 12.4. The van der Waals surface area contributed by atoms with Gasteiger partial charge in [-0.15, -0.1) is 0 Å². The summed E-state index contributed by atoms with van der Waals surface area (Å²) in [5, 5.41) is 0. The minimum Gasteiger partial charge on any atom is -0.0810 e. The Bertz CT molecular complexity index is 713. The van der Waals surface area contributed by atoms with Gasteiger partial charge >= 0.3 is 0 Å². The molecular weight excluding hydrogens is 300 g/mol.